The molecule has 96 valence electrons. The third-order valence-corrected chi connectivity index (χ3v) is 3.39. The van der Waals surface area contributed by atoms with E-state index in [1.54, 1.807) is 6.33 Å². The molecule has 2 nitrogen and oxygen atoms in total. The van der Waals surface area contributed by atoms with Gasteiger partial charge in [0.15, 0.2) is 0 Å². The molecule has 0 spiro atoms. The van der Waals surface area contributed by atoms with Crippen LogP contribution in [0.3, 0.4) is 0 Å². The topological polar surface area (TPSA) is 25.8 Å². The number of aryl methyl sites for hydroxylation is 1. The maximum atomic E-state index is 4.04. The van der Waals surface area contributed by atoms with E-state index in [-0.39, 0.29) is 0 Å². The fourth-order valence-corrected chi connectivity index (χ4v) is 2.17. The first kappa shape index (κ1) is 14.1. The normalized spacial score (nSPS) is 11.7. The van der Waals surface area contributed by atoms with E-state index in [0.717, 1.165) is 6.42 Å². The highest BCUT2D eigenvalue weighted by atomic mass is 14.8. The first-order chi connectivity index (χ1) is 8.14. The highest BCUT2D eigenvalue weighted by Gasteiger charge is 2.15. The van der Waals surface area contributed by atoms with Gasteiger partial charge in [-0.25, -0.2) is 9.97 Å². The lowest BCUT2D eigenvalue weighted by Crippen LogP contribution is -2.11. The summed E-state index contributed by atoms with van der Waals surface area (Å²) in [5.74, 6) is 0. The lowest BCUT2D eigenvalue weighted by molar-refractivity contribution is 0.287. The Hall–Kier alpha value is -0.920. The molecule has 0 atom stereocenters. The van der Waals surface area contributed by atoms with Gasteiger partial charge in [0.2, 0.25) is 0 Å². The summed E-state index contributed by atoms with van der Waals surface area (Å²) < 4.78 is 0. The summed E-state index contributed by atoms with van der Waals surface area (Å²) in [6.07, 6.45) is 14.5. The molecule has 1 heterocycles. The third-order valence-electron chi connectivity index (χ3n) is 3.39. The smallest absolute Gasteiger partial charge is 0.115 e. The van der Waals surface area contributed by atoms with Gasteiger partial charge < -0.3 is 0 Å². The van der Waals surface area contributed by atoms with Crippen molar-refractivity contribution in [3.8, 4) is 0 Å². The molecule has 0 radical (unpaired) electrons. The minimum Gasteiger partial charge on any atom is -0.245 e. The van der Waals surface area contributed by atoms with E-state index >= 15 is 0 Å². The summed E-state index contributed by atoms with van der Waals surface area (Å²) in [4.78, 5) is 8.08. The number of rotatable bonds is 8. The van der Waals surface area contributed by atoms with Crippen LogP contribution in [-0.4, -0.2) is 9.97 Å². The largest absolute Gasteiger partial charge is 0.245 e. The zero-order chi connectivity index (χ0) is 12.6. The summed E-state index contributed by atoms with van der Waals surface area (Å²) in [5.41, 5.74) is 1.78. The summed E-state index contributed by atoms with van der Waals surface area (Å²) in [7, 11) is 0. The lowest BCUT2D eigenvalue weighted by Gasteiger charge is -2.24. The minimum absolute atomic E-state index is 0.517. The number of aromatic nitrogens is 2. The molecule has 0 bridgehead atoms. The molecule has 0 amide bonds. The Kier molecular flexibility index (Phi) is 6.17. The van der Waals surface area contributed by atoms with Crippen LogP contribution in [0.2, 0.25) is 0 Å². The zero-order valence-corrected chi connectivity index (χ0v) is 11.6. The molecule has 0 saturated carbocycles. The number of hydrogen-bond acceptors (Lipinski definition) is 2. The van der Waals surface area contributed by atoms with Crippen LogP contribution in [-0.2, 0) is 6.42 Å². The van der Waals surface area contributed by atoms with E-state index in [2.05, 4.69) is 30.7 Å². The lowest BCUT2D eigenvalue weighted by atomic mass is 9.82. The number of unbranched alkanes of at least 4 members (excludes halogenated alkanes) is 2. The predicted molar refractivity (Wildman–Crippen MR) is 72.9 cm³/mol. The average Bonchev–Trinajstić information content (AvgIpc) is 2.34. The van der Waals surface area contributed by atoms with E-state index < -0.39 is 0 Å². The Morgan fingerprint density at radius 3 is 2.29 bits per heavy atom. The fourth-order valence-electron chi connectivity index (χ4n) is 2.17. The van der Waals surface area contributed by atoms with E-state index in [0.29, 0.717) is 5.41 Å². The van der Waals surface area contributed by atoms with E-state index in [1.165, 1.54) is 44.1 Å². The monoisotopic (exact) mass is 234 g/mol. The van der Waals surface area contributed by atoms with Crippen LogP contribution in [0.4, 0.5) is 0 Å². The van der Waals surface area contributed by atoms with Gasteiger partial charge in [-0.2, -0.15) is 0 Å². The second kappa shape index (κ2) is 7.41. The van der Waals surface area contributed by atoms with Gasteiger partial charge in [0.1, 0.15) is 6.33 Å². The summed E-state index contributed by atoms with van der Waals surface area (Å²) in [6, 6.07) is 0. The molecule has 2 heteroatoms. The van der Waals surface area contributed by atoms with Crippen LogP contribution in [0, 0.1) is 5.41 Å². The first-order valence-electron chi connectivity index (χ1n) is 6.88. The van der Waals surface area contributed by atoms with E-state index in [9.17, 15) is 0 Å². The highest BCUT2D eigenvalue weighted by Crippen LogP contribution is 2.29. The number of hydrogen-bond donors (Lipinski definition) is 0. The van der Waals surface area contributed by atoms with Crippen LogP contribution in [0.15, 0.2) is 18.7 Å². The summed E-state index contributed by atoms with van der Waals surface area (Å²) in [5, 5.41) is 0. The Morgan fingerprint density at radius 2 is 1.65 bits per heavy atom. The second-order valence-corrected chi connectivity index (χ2v) is 5.72. The minimum atomic E-state index is 0.517. The van der Waals surface area contributed by atoms with Gasteiger partial charge in [-0.3, -0.25) is 0 Å². The molecule has 0 unspecified atom stereocenters. The summed E-state index contributed by atoms with van der Waals surface area (Å²) in [6.45, 7) is 7.06. The molecule has 0 fully saturated rings. The molecular weight excluding hydrogens is 208 g/mol. The average molecular weight is 234 g/mol. The molecule has 17 heavy (non-hydrogen) atoms. The molecular formula is C15H26N2. The van der Waals surface area contributed by atoms with Crippen molar-refractivity contribution in [2.75, 3.05) is 0 Å². The van der Waals surface area contributed by atoms with Gasteiger partial charge in [-0.15, -0.1) is 0 Å². The molecule has 0 aromatic carbocycles. The van der Waals surface area contributed by atoms with Crippen LogP contribution in [0.5, 0.6) is 0 Å². The molecule has 0 saturated heterocycles. The Balaban J connectivity index is 2.15. The molecule has 0 aliphatic rings. The molecule has 1 aromatic rings. The van der Waals surface area contributed by atoms with Gasteiger partial charge in [-0.05, 0) is 36.7 Å². The summed E-state index contributed by atoms with van der Waals surface area (Å²) >= 11 is 0. The molecule has 0 N–H and O–H groups in total. The van der Waals surface area contributed by atoms with E-state index in [1.807, 2.05) is 12.4 Å². The van der Waals surface area contributed by atoms with Crippen molar-refractivity contribution in [3.05, 3.63) is 24.3 Å². The standard InChI is InChI=1S/C15H26N2/c1-4-5-9-15(2,3)10-7-6-8-14-11-16-13-17-12-14/h11-13H,4-10H2,1-3H3. The quantitative estimate of drug-likeness (QED) is 0.623. The third kappa shape index (κ3) is 6.40. The maximum absolute atomic E-state index is 4.04. The SMILES string of the molecule is CCCCC(C)(C)CCCCc1cncnc1. The predicted octanol–water partition coefficient (Wildman–Crippen LogP) is 4.41. The highest BCUT2D eigenvalue weighted by molar-refractivity contribution is 5.01. The van der Waals surface area contributed by atoms with Crippen LogP contribution < -0.4 is 0 Å². The molecule has 0 aliphatic heterocycles. The van der Waals surface area contributed by atoms with Gasteiger partial charge >= 0.3 is 0 Å². The van der Waals surface area contributed by atoms with Crippen LogP contribution in [0.1, 0.15) is 64.9 Å². The molecule has 0 aliphatic carbocycles. The Bertz CT molecular complexity index is 293. The Morgan fingerprint density at radius 1 is 1.00 bits per heavy atom. The van der Waals surface area contributed by atoms with Crippen molar-refractivity contribution in [1.29, 1.82) is 0 Å². The van der Waals surface area contributed by atoms with Crippen molar-refractivity contribution in [1.82, 2.24) is 9.97 Å². The second-order valence-electron chi connectivity index (χ2n) is 5.72. The van der Waals surface area contributed by atoms with Gasteiger partial charge in [0.25, 0.3) is 0 Å². The fraction of sp³-hybridized carbons (Fsp3) is 0.733. The first-order valence-corrected chi connectivity index (χ1v) is 6.88. The van der Waals surface area contributed by atoms with Crippen LogP contribution >= 0.6 is 0 Å². The van der Waals surface area contributed by atoms with Crippen molar-refractivity contribution < 1.29 is 0 Å². The van der Waals surface area contributed by atoms with E-state index in [4.69, 9.17) is 0 Å². The zero-order valence-electron chi connectivity index (χ0n) is 11.6. The van der Waals surface area contributed by atoms with Crippen molar-refractivity contribution in [2.45, 2.75) is 65.7 Å². The van der Waals surface area contributed by atoms with Gasteiger partial charge in [-0.1, -0.05) is 40.0 Å². The maximum Gasteiger partial charge on any atom is 0.115 e. The molecule has 1 aromatic heterocycles. The molecule has 1 rings (SSSR count). The van der Waals surface area contributed by atoms with Crippen molar-refractivity contribution in [3.63, 3.8) is 0 Å². The number of nitrogens with zero attached hydrogens (tertiary/aromatic N) is 2. The van der Waals surface area contributed by atoms with Gasteiger partial charge in [0, 0.05) is 12.4 Å². The van der Waals surface area contributed by atoms with Crippen molar-refractivity contribution in [2.24, 2.45) is 5.41 Å². The Labute approximate surface area is 106 Å². The van der Waals surface area contributed by atoms with Gasteiger partial charge in [0.05, 0.1) is 0 Å². The van der Waals surface area contributed by atoms with Crippen molar-refractivity contribution >= 4 is 0 Å². The van der Waals surface area contributed by atoms with Crippen LogP contribution in [0.25, 0.3) is 0 Å².